The molecule has 0 aliphatic heterocycles. The molecule has 3 rings (SSSR count). The van der Waals surface area contributed by atoms with Crippen molar-refractivity contribution in [3.05, 3.63) is 46.6 Å². The number of thiophene rings is 1. The number of anilines is 2. The summed E-state index contributed by atoms with van der Waals surface area (Å²) in [5, 5.41) is 2.91. The number of carbonyl (C=O) groups excluding carboxylic acids is 1. The van der Waals surface area contributed by atoms with Gasteiger partial charge in [0.15, 0.2) is 0 Å². The first-order chi connectivity index (χ1) is 10.1. The highest BCUT2D eigenvalue weighted by Crippen LogP contribution is 2.31. The Bertz CT molecular complexity index is 841. The molecule has 0 aliphatic rings. The maximum atomic E-state index is 12.4. The molecule has 0 spiro atoms. The largest absolute Gasteiger partial charge is 0.396 e. The lowest BCUT2D eigenvalue weighted by Gasteiger charge is -2.08. The Labute approximate surface area is 125 Å². The first kappa shape index (κ1) is 13.5. The van der Waals surface area contributed by atoms with E-state index in [1.807, 2.05) is 32.0 Å². The van der Waals surface area contributed by atoms with E-state index in [0.29, 0.717) is 20.9 Å². The van der Waals surface area contributed by atoms with E-state index >= 15 is 0 Å². The number of rotatable bonds is 2. The van der Waals surface area contributed by atoms with Crippen molar-refractivity contribution in [3.8, 4) is 0 Å². The highest BCUT2D eigenvalue weighted by molar-refractivity contribution is 7.21. The summed E-state index contributed by atoms with van der Waals surface area (Å²) in [6.45, 7) is 3.93. The van der Waals surface area contributed by atoms with Gasteiger partial charge in [0.1, 0.15) is 15.2 Å². The molecule has 3 aromatic rings. The van der Waals surface area contributed by atoms with Crippen LogP contribution in [0.15, 0.2) is 30.6 Å². The van der Waals surface area contributed by atoms with Gasteiger partial charge < -0.3 is 11.1 Å². The van der Waals surface area contributed by atoms with Gasteiger partial charge in [-0.25, -0.2) is 9.97 Å². The molecule has 1 aromatic carbocycles. The van der Waals surface area contributed by atoms with Crippen LogP contribution < -0.4 is 11.1 Å². The summed E-state index contributed by atoms with van der Waals surface area (Å²) >= 11 is 1.25. The normalized spacial score (nSPS) is 10.8. The van der Waals surface area contributed by atoms with Gasteiger partial charge in [-0.05, 0) is 31.0 Å². The Hall–Kier alpha value is -2.47. The summed E-state index contributed by atoms with van der Waals surface area (Å²) in [6.07, 6.45) is 3.16. The molecule has 5 nitrogen and oxygen atoms in total. The molecule has 0 saturated carbocycles. The van der Waals surface area contributed by atoms with Gasteiger partial charge in [-0.2, -0.15) is 0 Å². The highest BCUT2D eigenvalue weighted by Gasteiger charge is 2.18. The molecule has 106 valence electrons. The second kappa shape index (κ2) is 5.14. The van der Waals surface area contributed by atoms with Gasteiger partial charge in [-0.15, -0.1) is 11.3 Å². The quantitative estimate of drug-likeness (QED) is 0.761. The highest BCUT2D eigenvalue weighted by atomic mass is 32.1. The molecule has 21 heavy (non-hydrogen) atoms. The molecule has 0 fully saturated rings. The standard InChI is InChI=1S/C15H14N4OS/c1-8-3-4-9(2)10(7-8)19-14(20)13-11(16)12-15(21-13)18-6-5-17-12/h3-7H,16H2,1-2H3,(H,19,20). The van der Waals surface area contributed by atoms with Crippen molar-refractivity contribution in [1.82, 2.24) is 9.97 Å². The van der Waals surface area contributed by atoms with E-state index in [9.17, 15) is 4.79 Å². The summed E-state index contributed by atoms with van der Waals surface area (Å²) in [7, 11) is 0. The number of aryl methyl sites for hydroxylation is 2. The minimum absolute atomic E-state index is 0.231. The van der Waals surface area contributed by atoms with E-state index < -0.39 is 0 Å². The molecule has 2 heterocycles. The monoisotopic (exact) mass is 298 g/mol. The summed E-state index contributed by atoms with van der Waals surface area (Å²) in [4.78, 5) is 21.9. The molecule has 6 heteroatoms. The van der Waals surface area contributed by atoms with Crippen molar-refractivity contribution < 1.29 is 4.79 Å². The molecule has 1 amide bonds. The van der Waals surface area contributed by atoms with Gasteiger partial charge in [-0.1, -0.05) is 12.1 Å². The van der Waals surface area contributed by atoms with Crippen LogP contribution in [0.5, 0.6) is 0 Å². The fraction of sp³-hybridized carbons (Fsp3) is 0.133. The number of carbonyl (C=O) groups is 1. The van der Waals surface area contributed by atoms with E-state index in [0.717, 1.165) is 16.8 Å². The molecule has 0 bridgehead atoms. The summed E-state index contributed by atoms with van der Waals surface area (Å²) in [5.74, 6) is -0.231. The van der Waals surface area contributed by atoms with Crippen LogP contribution in [0.4, 0.5) is 11.4 Å². The van der Waals surface area contributed by atoms with E-state index in [4.69, 9.17) is 5.73 Å². The first-order valence-electron chi connectivity index (χ1n) is 6.44. The van der Waals surface area contributed by atoms with Crippen molar-refractivity contribution in [1.29, 1.82) is 0 Å². The van der Waals surface area contributed by atoms with Crippen molar-refractivity contribution >= 4 is 39.0 Å². The average molecular weight is 298 g/mol. The smallest absolute Gasteiger partial charge is 0.268 e. The number of aromatic nitrogens is 2. The zero-order valence-corrected chi connectivity index (χ0v) is 12.5. The number of amides is 1. The number of nitrogen functional groups attached to an aromatic ring is 1. The minimum Gasteiger partial charge on any atom is -0.396 e. The van der Waals surface area contributed by atoms with Gasteiger partial charge in [0, 0.05) is 18.1 Å². The molecule has 0 radical (unpaired) electrons. The van der Waals surface area contributed by atoms with Crippen molar-refractivity contribution in [2.75, 3.05) is 11.1 Å². The fourth-order valence-electron chi connectivity index (χ4n) is 2.06. The molecular weight excluding hydrogens is 284 g/mol. The lowest BCUT2D eigenvalue weighted by molar-refractivity contribution is 0.103. The molecule has 0 aliphatic carbocycles. The van der Waals surface area contributed by atoms with Crippen molar-refractivity contribution in [3.63, 3.8) is 0 Å². The van der Waals surface area contributed by atoms with Crippen LogP contribution in [0.25, 0.3) is 10.3 Å². The molecular formula is C15H14N4OS. The van der Waals surface area contributed by atoms with E-state index in [-0.39, 0.29) is 5.91 Å². The molecule has 3 N–H and O–H groups in total. The Morgan fingerprint density at radius 2 is 2.00 bits per heavy atom. The SMILES string of the molecule is Cc1ccc(C)c(NC(=O)c2sc3nccnc3c2N)c1. The predicted molar refractivity (Wildman–Crippen MR) is 85.7 cm³/mol. The minimum atomic E-state index is -0.231. The van der Waals surface area contributed by atoms with Gasteiger partial charge >= 0.3 is 0 Å². The fourth-order valence-corrected chi connectivity index (χ4v) is 2.98. The lowest BCUT2D eigenvalue weighted by atomic mass is 10.1. The Kier molecular flexibility index (Phi) is 3.31. The number of fused-ring (bicyclic) bond motifs is 1. The average Bonchev–Trinajstić information content (AvgIpc) is 2.81. The van der Waals surface area contributed by atoms with E-state index in [1.54, 1.807) is 12.4 Å². The van der Waals surface area contributed by atoms with Gasteiger partial charge in [0.2, 0.25) is 0 Å². The predicted octanol–water partition coefficient (Wildman–Crippen LogP) is 3.14. The lowest BCUT2D eigenvalue weighted by Crippen LogP contribution is -2.13. The maximum absolute atomic E-state index is 12.4. The molecule has 0 unspecified atom stereocenters. The van der Waals surface area contributed by atoms with Gasteiger partial charge in [0.25, 0.3) is 5.91 Å². The number of nitrogens with zero attached hydrogens (tertiary/aromatic N) is 2. The Balaban J connectivity index is 1.97. The zero-order valence-electron chi connectivity index (χ0n) is 11.7. The van der Waals surface area contributed by atoms with Crippen LogP contribution >= 0.6 is 11.3 Å². The van der Waals surface area contributed by atoms with E-state index in [1.165, 1.54) is 11.3 Å². The number of nitrogens with one attached hydrogen (secondary N) is 1. The Morgan fingerprint density at radius 3 is 2.76 bits per heavy atom. The van der Waals surface area contributed by atoms with Crippen molar-refractivity contribution in [2.45, 2.75) is 13.8 Å². The maximum Gasteiger partial charge on any atom is 0.268 e. The topological polar surface area (TPSA) is 80.9 Å². The van der Waals surface area contributed by atoms with Crippen LogP contribution in [0.3, 0.4) is 0 Å². The third-order valence-electron chi connectivity index (χ3n) is 3.21. The summed E-state index contributed by atoms with van der Waals surface area (Å²) in [6, 6.07) is 5.92. The van der Waals surface area contributed by atoms with Gasteiger partial charge in [-0.3, -0.25) is 4.79 Å². The number of hydrogen-bond donors (Lipinski definition) is 2. The van der Waals surface area contributed by atoms with Crippen LogP contribution in [0.2, 0.25) is 0 Å². The summed E-state index contributed by atoms with van der Waals surface area (Å²) in [5.41, 5.74) is 9.85. The van der Waals surface area contributed by atoms with Crippen LogP contribution in [-0.2, 0) is 0 Å². The second-order valence-electron chi connectivity index (χ2n) is 4.83. The first-order valence-corrected chi connectivity index (χ1v) is 7.25. The van der Waals surface area contributed by atoms with Crippen LogP contribution in [0.1, 0.15) is 20.8 Å². The summed E-state index contributed by atoms with van der Waals surface area (Å²) < 4.78 is 0. The zero-order chi connectivity index (χ0) is 15.0. The van der Waals surface area contributed by atoms with E-state index in [2.05, 4.69) is 15.3 Å². The van der Waals surface area contributed by atoms with Crippen LogP contribution in [-0.4, -0.2) is 15.9 Å². The number of benzene rings is 1. The molecule has 0 atom stereocenters. The number of nitrogens with two attached hydrogens (primary N) is 1. The van der Waals surface area contributed by atoms with Crippen LogP contribution in [0, 0.1) is 13.8 Å². The van der Waals surface area contributed by atoms with Crippen molar-refractivity contribution in [2.24, 2.45) is 0 Å². The third kappa shape index (κ3) is 2.45. The second-order valence-corrected chi connectivity index (χ2v) is 5.83. The van der Waals surface area contributed by atoms with Gasteiger partial charge in [0.05, 0.1) is 5.69 Å². The molecule has 0 saturated heterocycles. The number of hydrogen-bond acceptors (Lipinski definition) is 5. The third-order valence-corrected chi connectivity index (χ3v) is 4.31. The molecule has 2 aromatic heterocycles. The Morgan fingerprint density at radius 1 is 1.24 bits per heavy atom.